The summed E-state index contributed by atoms with van der Waals surface area (Å²) in [5.74, 6) is -0.511. The van der Waals surface area contributed by atoms with E-state index in [0.29, 0.717) is 29.7 Å². The zero-order valence-corrected chi connectivity index (χ0v) is 16.6. The van der Waals surface area contributed by atoms with Crippen molar-refractivity contribution < 1.29 is 17.7 Å². The zero-order chi connectivity index (χ0) is 19.0. The van der Waals surface area contributed by atoms with Gasteiger partial charge in [-0.3, -0.25) is 4.79 Å². The standard InChI is InChI=1S/C17H17BrN4O4S/c18-11-3-4-14-13(9-11)16(27(24,25)22-6-1-2-7-22)15(20-14)17(23)19-10-12-5-8-26-21-12/h3-5,8-9,20H,1-2,6-7,10H2,(H,19,23). The third kappa shape index (κ3) is 3.40. The van der Waals surface area contributed by atoms with Gasteiger partial charge in [0.15, 0.2) is 0 Å². The van der Waals surface area contributed by atoms with Crippen LogP contribution < -0.4 is 5.32 Å². The van der Waals surface area contributed by atoms with Crippen molar-refractivity contribution in [1.82, 2.24) is 19.8 Å². The Morgan fingerprint density at radius 1 is 1.30 bits per heavy atom. The molecule has 0 unspecified atom stereocenters. The van der Waals surface area contributed by atoms with Crippen molar-refractivity contribution in [3.8, 4) is 0 Å². The van der Waals surface area contributed by atoms with Crippen LogP contribution in [0.1, 0.15) is 29.0 Å². The van der Waals surface area contributed by atoms with Gasteiger partial charge in [0, 0.05) is 34.5 Å². The summed E-state index contributed by atoms with van der Waals surface area (Å²) in [4.78, 5) is 15.8. The monoisotopic (exact) mass is 452 g/mol. The van der Waals surface area contributed by atoms with E-state index in [1.165, 1.54) is 10.6 Å². The predicted octanol–water partition coefficient (Wildman–Crippen LogP) is 2.63. The molecule has 142 valence electrons. The van der Waals surface area contributed by atoms with Gasteiger partial charge in [0.1, 0.15) is 22.5 Å². The number of nitrogens with zero attached hydrogens (tertiary/aromatic N) is 2. The van der Waals surface area contributed by atoms with Gasteiger partial charge in [-0.05, 0) is 31.0 Å². The summed E-state index contributed by atoms with van der Waals surface area (Å²) in [5, 5.41) is 6.92. The number of fused-ring (bicyclic) bond motifs is 1. The Hall–Kier alpha value is -2.17. The van der Waals surface area contributed by atoms with Crippen LogP contribution in [-0.4, -0.2) is 41.9 Å². The van der Waals surface area contributed by atoms with Gasteiger partial charge in [-0.15, -0.1) is 0 Å². The predicted molar refractivity (Wildman–Crippen MR) is 102 cm³/mol. The van der Waals surface area contributed by atoms with E-state index in [2.05, 4.69) is 31.4 Å². The SMILES string of the molecule is O=C(NCc1ccon1)c1[nH]c2ccc(Br)cc2c1S(=O)(=O)N1CCCC1. The van der Waals surface area contributed by atoms with E-state index in [1.807, 2.05) is 0 Å². The minimum atomic E-state index is -3.80. The maximum atomic E-state index is 13.3. The van der Waals surface area contributed by atoms with Crippen LogP contribution in [0.25, 0.3) is 10.9 Å². The Morgan fingerprint density at radius 3 is 2.78 bits per heavy atom. The van der Waals surface area contributed by atoms with Crippen molar-refractivity contribution in [3.05, 3.63) is 46.4 Å². The smallest absolute Gasteiger partial charge is 0.269 e. The van der Waals surface area contributed by atoms with Crippen LogP contribution >= 0.6 is 15.9 Å². The van der Waals surface area contributed by atoms with E-state index in [9.17, 15) is 13.2 Å². The fourth-order valence-corrected chi connectivity index (χ4v) is 5.42. The fraction of sp³-hybridized carbons (Fsp3) is 0.294. The highest BCUT2D eigenvalue weighted by Crippen LogP contribution is 2.33. The first-order valence-electron chi connectivity index (χ1n) is 8.45. The van der Waals surface area contributed by atoms with Crippen LogP contribution in [0, 0.1) is 0 Å². The van der Waals surface area contributed by atoms with Crippen LogP contribution in [0.5, 0.6) is 0 Å². The lowest BCUT2D eigenvalue weighted by molar-refractivity contribution is 0.0942. The molecule has 1 amide bonds. The number of amides is 1. The summed E-state index contributed by atoms with van der Waals surface area (Å²) >= 11 is 3.38. The van der Waals surface area contributed by atoms with Gasteiger partial charge in [0.05, 0.1) is 6.54 Å². The molecule has 1 aromatic carbocycles. The molecule has 2 aromatic heterocycles. The second kappa shape index (κ2) is 7.10. The van der Waals surface area contributed by atoms with Gasteiger partial charge >= 0.3 is 0 Å². The first-order valence-corrected chi connectivity index (χ1v) is 10.7. The summed E-state index contributed by atoms with van der Waals surface area (Å²) in [6, 6.07) is 6.88. The number of nitrogens with one attached hydrogen (secondary N) is 2. The van der Waals surface area contributed by atoms with E-state index >= 15 is 0 Å². The second-order valence-corrected chi connectivity index (χ2v) is 9.09. The van der Waals surface area contributed by atoms with Crippen molar-refractivity contribution in [2.45, 2.75) is 24.3 Å². The molecule has 3 heterocycles. The van der Waals surface area contributed by atoms with E-state index in [0.717, 1.165) is 17.3 Å². The normalized spacial score (nSPS) is 15.4. The van der Waals surface area contributed by atoms with Gasteiger partial charge in [-0.2, -0.15) is 4.31 Å². The molecule has 4 rings (SSSR count). The molecule has 0 aliphatic carbocycles. The van der Waals surface area contributed by atoms with Gasteiger partial charge < -0.3 is 14.8 Å². The number of carbonyl (C=O) groups is 1. The first-order chi connectivity index (χ1) is 13.0. The quantitative estimate of drug-likeness (QED) is 0.618. The van der Waals surface area contributed by atoms with Gasteiger partial charge in [-0.25, -0.2) is 8.42 Å². The lowest BCUT2D eigenvalue weighted by atomic mass is 10.2. The van der Waals surface area contributed by atoms with Crippen molar-refractivity contribution in [2.24, 2.45) is 0 Å². The molecule has 1 aliphatic rings. The summed E-state index contributed by atoms with van der Waals surface area (Å²) in [7, 11) is -3.80. The Balaban J connectivity index is 1.78. The number of carbonyl (C=O) groups excluding carboxylic acids is 1. The van der Waals surface area contributed by atoms with Crippen LogP contribution in [0.2, 0.25) is 0 Å². The lowest BCUT2D eigenvalue weighted by Gasteiger charge is -2.16. The van der Waals surface area contributed by atoms with Gasteiger partial charge in [0.25, 0.3) is 5.91 Å². The number of benzene rings is 1. The topological polar surface area (TPSA) is 108 Å². The molecule has 0 saturated carbocycles. The van der Waals surface area contributed by atoms with E-state index < -0.39 is 15.9 Å². The number of H-pyrrole nitrogens is 1. The molecule has 0 radical (unpaired) electrons. The van der Waals surface area contributed by atoms with E-state index in [4.69, 9.17) is 4.52 Å². The molecule has 1 aliphatic heterocycles. The average molecular weight is 453 g/mol. The maximum absolute atomic E-state index is 13.3. The zero-order valence-electron chi connectivity index (χ0n) is 14.2. The third-order valence-corrected chi connectivity index (χ3v) is 7.00. The molecule has 0 spiro atoms. The molecule has 0 atom stereocenters. The van der Waals surface area contributed by atoms with Crippen LogP contribution in [0.3, 0.4) is 0 Å². The molecule has 0 bridgehead atoms. The maximum Gasteiger partial charge on any atom is 0.269 e. The number of hydrogen-bond donors (Lipinski definition) is 2. The molecular formula is C17H17BrN4O4S. The minimum Gasteiger partial charge on any atom is -0.364 e. The van der Waals surface area contributed by atoms with Crippen molar-refractivity contribution in [3.63, 3.8) is 0 Å². The van der Waals surface area contributed by atoms with Gasteiger partial charge in [0.2, 0.25) is 10.0 Å². The molecule has 8 nitrogen and oxygen atoms in total. The van der Waals surface area contributed by atoms with Crippen LogP contribution in [-0.2, 0) is 16.6 Å². The van der Waals surface area contributed by atoms with E-state index in [-0.39, 0.29) is 17.1 Å². The van der Waals surface area contributed by atoms with E-state index in [1.54, 1.807) is 24.3 Å². The Morgan fingerprint density at radius 2 is 2.07 bits per heavy atom. The highest BCUT2D eigenvalue weighted by atomic mass is 79.9. The molecule has 1 saturated heterocycles. The minimum absolute atomic E-state index is 0.0124. The van der Waals surface area contributed by atoms with Crippen LogP contribution in [0.15, 0.2) is 44.4 Å². The number of sulfonamides is 1. The first kappa shape index (κ1) is 18.2. The summed E-state index contributed by atoms with van der Waals surface area (Å²) in [6.45, 7) is 1.06. The van der Waals surface area contributed by atoms with Crippen LogP contribution in [0.4, 0.5) is 0 Å². The second-order valence-electron chi connectivity index (χ2n) is 6.30. The number of aromatic amines is 1. The average Bonchev–Trinajstić information content (AvgIpc) is 3.39. The molecule has 2 N–H and O–H groups in total. The third-order valence-electron chi connectivity index (χ3n) is 4.52. The molecule has 27 heavy (non-hydrogen) atoms. The van der Waals surface area contributed by atoms with Crippen molar-refractivity contribution in [2.75, 3.05) is 13.1 Å². The highest BCUT2D eigenvalue weighted by molar-refractivity contribution is 9.10. The fourth-order valence-electron chi connectivity index (χ4n) is 3.21. The van der Waals surface area contributed by atoms with Crippen molar-refractivity contribution >= 4 is 42.8 Å². The summed E-state index contributed by atoms with van der Waals surface area (Å²) in [5.41, 5.74) is 1.16. The largest absolute Gasteiger partial charge is 0.364 e. The van der Waals surface area contributed by atoms with Gasteiger partial charge in [-0.1, -0.05) is 21.1 Å². The lowest BCUT2D eigenvalue weighted by Crippen LogP contribution is -2.31. The Kier molecular flexibility index (Phi) is 4.79. The number of rotatable bonds is 5. The number of hydrogen-bond acceptors (Lipinski definition) is 5. The molecule has 3 aromatic rings. The molecule has 1 fully saturated rings. The molecule has 10 heteroatoms. The number of aromatic nitrogens is 2. The highest BCUT2D eigenvalue weighted by Gasteiger charge is 2.34. The number of halogens is 1. The van der Waals surface area contributed by atoms with Crippen molar-refractivity contribution in [1.29, 1.82) is 0 Å². The summed E-state index contributed by atoms with van der Waals surface area (Å²) in [6.07, 6.45) is 3.04. The Bertz CT molecular complexity index is 1090. The Labute approximate surface area is 164 Å². The summed E-state index contributed by atoms with van der Waals surface area (Å²) < 4.78 is 33.4. The molecular weight excluding hydrogens is 436 g/mol.